The summed E-state index contributed by atoms with van der Waals surface area (Å²) in [4.78, 5) is 11.6. The van der Waals surface area contributed by atoms with E-state index < -0.39 is 6.09 Å². The molecule has 0 aliphatic heterocycles. The predicted octanol–water partition coefficient (Wildman–Crippen LogP) is 4.66. The fraction of sp³-hybridized carbons (Fsp3) is 0.286. The third-order valence-electron chi connectivity index (χ3n) is 3.35. The first kappa shape index (κ1) is 18.6. The predicted molar refractivity (Wildman–Crippen MR) is 100 cm³/mol. The van der Waals surface area contributed by atoms with E-state index in [1.54, 1.807) is 0 Å². The summed E-state index contributed by atoms with van der Waals surface area (Å²) in [6.45, 7) is 5.64. The van der Waals surface area contributed by atoms with Gasteiger partial charge in [-0.1, -0.05) is 68.5 Å². The maximum Gasteiger partial charge on any atom is 0.407 e. The molecule has 0 bridgehead atoms. The first-order valence-electron chi connectivity index (χ1n) is 8.47. The van der Waals surface area contributed by atoms with Crippen LogP contribution in [0.2, 0.25) is 0 Å². The van der Waals surface area contributed by atoms with Gasteiger partial charge in [0, 0.05) is 6.54 Å². The molecule has 0 radical (unpaired) electrons. The molecule has 0 unspecified atom stereocenters. The molecule has 4 nitrogen and oxygen atoms in total. The van der Waals surface area contributed by atoms with Gasteiger partial charge in [-0.05, 0) is 29.2 Å². The number of ether oxygens (including phenoxy) is 2. The van der Waals surface area contributed by atoms with Crippen LogP contribution in [0.4, 0.5) is 4.79 Å². The van der Waals surface area contributed by atoms with Crippen molar-refractivity contribution < 1.29 is 14.3 Å². The van der Waals surface area contributed by atoms with Crippen molar-refractivity contribution in [1.82, 2.24) is 5.32 Å². The molecule has 25 heavy (non-hydrogen) atoms. The third-order valence-corrected chi connectivity index (χ3v) is 3.35. The molecule has 0 atom stereocenters. The van der Waals surface area contributed by atoms with Gasteiger partial charge in [0.2, 0.25) is 0 Å². The molecule has 0 saturated heterocycles. The van der Waals surface area contributed by atoms with Crippen LogP contribution < -0.4 is 10.1 Å². The lowest BCUT2D eigenvalue weighted by Crippen LogP contribution is -2.24. The molecule has 0 saturated carbocycles. The van der Waals surface area contributed by atoms with Gasteiger partial charge in [-0.3, -0.25) is 0 Å². The van der Waals surface area contributed by atoms with Crippen LogP contribution in [0, 0.1) is 5.92 Å². The zero-order valence-electron chi connectivity index (χ0n) is 14.8. The minimum atomic E-state index is -0.425. The van der Waals surface area contributed by atoms with E-state index in [4.69, 9.17) is 9.47 Å². The van der Waals surface area contributed by atoms with Gasteiger partial charge in [0.1, 0.15) is 12.4 Å². The van der Waals surface area contributed by atoms with Crippen molar-refractivity contribution in [2.75, 3.05) is 13.2 Å². The molecule has 0 aliphatic rings. The topological polar surface area (TPSA) is 47.6 Å². The van der Waals surface area contributed by atoms with E-state index in [0.717, 1.165) is 16.9 Å². The Bertz CT molecular complexity index is 663. The Kier molecular flexibility index (Phi) is 7.57. The third kappa shape index (κ3) is 7.57. The Balaban J connectivity index is 1.67. The molecule has 0 spiro atoms. The van der Waals surface area contributed by atoms with E-state index in [0.29, 0.717) is 19.1 Å². The van der Waals surface area contributed by atoms with E-state index in [-0.39, 0.29) is 6.61 Å². The second-order valence-corrected chi connectivity index (χ2v) is 6.12. The van der Waals surface area contributed by atoms with Gasteiger partial charge in [0.05, 0.1) is 6.61 Å². The summed E-state index contributed by atoms with van der Waals surface area (Å²) in [7, 11) is 0. The summed E-state index contributed by atoms with van der Waals surface area (Å²) in [6.07, 6.45) is 3.41. The SMILES string of the molecule is CC(C)COc1ccc(C=CCNC(=O)OCc2ccccc2)cc1. The Morgan fingerprint density at radius 3 is 2.48 bits per heavy atom. The number of nitrogens with one attached hydrogen (secondary N) is 1. The average molecular weight is 339 g/mol. The Morgan fingerprint density at radius 1 is 1.08 bits per heavy atom. The lowest BCUT2D eigenvalue weighted by atomic mass is 10.2. The number of alkyl carbamates (subject to hydrolysis) is 1. The Morgan fingerprint density at radius 2 is 1.80 bits per heavy atom. The van der Waals surface area contributed by atoms with Crippen molar-refractivity contribution in [3.8, 4) is 5.75 Å². The average Bonchev–Trinajstić information content (AvgIpc) is 2.63. The molecule has 4 heteroatoms. The maximum atomic E-state index is 11.6. The molecule has 1 N–H and O–H groups in total. The number of amides is 1. The van der Waals surface area contributed by atoms with E-state index in [1.807, 2.05) is 66.7 Å². The quantitative estimate of drug-likeness (QED) is 0.761. The Labute approximate surface area is 149 Å². The summed E-state index contributed by atoms with van der Waals surface area (Å²) < 4.78 is 10.8. The smallest absolute Gasteiger partial charge is 0.407 e. The summed E-state index contributed by atoms with van der Waals surface area (Å²) in [6, 6.07) is 17.5. The number of carbonyl (C=O) groups excluding carboxylic acids is 1. The molecule has 0 heterocycles. The second kappa shape index (κ2) is 10.2. The molecule has 1 amide bonds. The van der Waals surface area contributed by atoms with Gasteiger partial charge >= 0.3 is 6.09 Å². The van der Waals surface area contributed by atoms with Gasteiger partial charge in [-0.2, -0.15) is 0 Å². The van der Waals surface area contributed by atoms with Crippen LogP contribution in [-0.2, 0) is 11.3 Å². The van der Waals surface area contributed by atoms with Crippen LogP contribution in [0.1, 0.15) is 25.0 Å². The minimum Gasteiger partial charge on any atom is -0.493 e. The molecule has 2 aromatic carbocycles. The number of rotatable bonds is 8. The van der Waals surface area contributed by atoms with Gasteiger partial charge in [0.15, 0.2) is 0 Å². The van der Waals surface area contributed by atoms with E-state index in [9.17, 15) is 4.79 Å². The van der Waals surface area contributed by atoms with Crippen LogP contribution in [0.25, 0.3) is 6.08 Å². The molecule has 132 valence electrons. The van der Waals surface area contributed by atoms with Gasteiger partial charge < -0.3 is 14.8 Å². The Hall–Kier alpha value is -2.75. The highest BCUT2D eigenvalue weighted by molar-refractivity contribution is 5.67. The van der Waals surface area contributed by atoms with Crippen LogP contribution in [0.5, 0.6) is 5.75 Å². The van der Waals surface area contributed by atoms with E-state index >= 15 is 0 Å². The lowest BCUT2D eigenvalue weighted by molar-refractivity contribution is 0.141. The molecule has 0 fully saturated rings. The standard InChI is InChI=1S/C21H25NO3/c1-17(2)15-24-20-12-10-18(11-13-20)9-6-14-22-21(23)25-16-19-7-4-3-5-8-19/h3-13,17H,14-16H2,1-2H3,(H,22,23). The summed E-state index contributed by atoms with van der Waals surface area (Å²) >= 11 is 0. The fourth-order valence-corrected chi connectivity index (χ4v) is 2.05. The summed E-state index contributed by atoms with van der Waals surface area (Å²) in [5, 5.41) is 2.69. The lowest BCUT2D eigenvalue weighted by Gasteiger charge is -2.08. The highest BCUT2D eigenvalue weighted by Gasteiger charge is 2.00. The van der Waals surface area contributed by atoms with Gasteiger partial charge in [-0.15, -0.1) is 0 Å². The fourth-order valence-electron chi connectivity index (χ4n) is 2.05. The molecule has 0 aliphatic carbocycles. The van der Waals surface area contributed by atoms with Crippen molar-refractivity contribution in [1.29, 1.82) is 0 Å². The first-order chi connectivity index (χ1) is 12.1. The molecule has 2 aromatic rings. The van der Waals surface area contributed by atoms with Crippen molar-refractivity contribution >= 4 is 12.2 Å². The van der Waals surface area contributed by atoms with Gasteiger partial charge in [-0.25, -0.2) is 4.79 Å². The van der Waals surface area contributed by atoms with E-state index in [2.05, 4.69) is 19.2 Å². The van der Waals surface area contributed by atoms with Crippen molar-refractivity contribution in [3.63, 3.8) is 0 Å². The minimum absolute atomic E-state index is 0.272. The largest absolute Gasteiger partial charge is 0.493 e. The monoisotopic (exact) mass is 339 g/mol. The summed E-state index contributed by atoms with van der Waals surface area (Å²) in [5.41, 5.74) is 2.02. The molecule has 0 aromatic heterocycles. The second-order valence-electron chi connectivity index (χ2n) is 6.12. The normalized spacial score (nSPS) is 10.8. The van der Waals surface area contributed by atoms with Crippen molar-refractivity contribution in [2.24, 2.45) is 5.92 Å². The van der Waals surface area contributed by atoms with Crippen LogP contribution >= 0.6 is 0 Å². The van der Waals surface area contributed by atoms with Gasteiger partial charge in [0.25, 0.3) is 0 Å². The van der Waals surface area contributed by atoms with Crippen molar-refractivity contribution in [3.05, 3.63) is 71.8 Å². The maximum absolute atomic E-state index is 11.6. The van der Waals surface area contributed by atoms with Crippen LogP contribution in [0.15, 0.2) is 60.7 Å². The first-order valence-corrected chi connectivity index (χ1v) is 8.47. The number of hydrogen-bond acceptors (Lipinski definition) is 3. The van der Waals surface area contributed by atoms with Crippen LogP contribution in [-0.4, -0.2) is 19.2 Å². The highest BCUT2D eigenvalue weighted by atomic mass is 16.5. The van der Waals surface area contributed by atoms with Crippen molar-refractivity contribution in [2.45, 2.75) is 20.5 Å². The highest BCUT2D eigenvalue weighted by Crippen LogP contribution is 2.14. The zero-order chi connectivity index (χ0) is 17.9. The number of carbonyl (C=O) groups is 1. The van der Waals surface area contributed by atoms with Crippen LogP contribution in [0.3, 0.4) is 0 Å². The number of hydrogen-bond donors (Lipinski definition) is 1. The zero-order valence-corrected chi connectivity index (χ0v) is 14.8. The van der Waals surface area contributed by atoms with E-state index in [1.165, 1.54) is 0 Å². The summed E-state index contributed by atoms with van der Waals surface area (Å²) in [5.74, 6) is 1.38. The molecule has 2 rings (SSSR count). The number of benzene rings is 2. The molecular weight excluding hydrogens is 314 g/mol. The molecular formula is C21H25NO3.